The second kappa shape index (κ2) is 11.8. The van der Waals surface area contributed by atoms with E-state index in [0.29, 0.717) is 22.8 Å². The molecule has 1 atom stereocenters. The van der Waals surface area contributed by atoms with Gasteiger partial charge < -0.3 is 4.74 Å². The standard InChI is InChI=1S/C19H32O3S2/c1-3-4-5-6-7-8-9-10-18(15-16-23)24(20,21)19-13-11-17(22-2)12-14-19/h11-14,18,23H,3-10,15-16H2,1-2H3. The van der Waals surface area contributed by atoms with E-state index in [1.54, 1.807) is 31.4 Å². The molecule has 5 heteroatoms. The molecule has 3 nitrogen and oxygen atoms in total. The highest BCUT2D eigenvalue weighted by Gasteiger charge is 2.26. The molecule has 0 saturated carbocycles. The van der Waals surface area contributed by atoms with Crippen LogP contribution >= 0.6 is 12.6 Å². The van der Waals surface area contributed by atoms with Crippen molar-refractivity contribution in [3.63, 3.8) is 0 Å². The maximum absolute atomic E-state index is 12.9. The zero-order valence-electron chi connectivity index (χ0n) is 15.0. The van der Waals surface area contributed by atoms with E-state index in [-0.39, 0.29) is 5.25 Å². The average molecular weight is 373 g/mol. The molecule has 138 valence electrons. The Morgan fingerprint density at radius 2 is 1.54 bits per heavy atom. The van der Waals surface area contributed by atoms with Gasteiger partial charge in [-0.3, -0.25) is 0 Å². The van der Waals surface area contributed by atoms with E-state index in [9.17, 15) is 8.42 Å². The first-order valence-corrected chi connectivity index (χ1v) is 11.2. The van der Waals surface area contributed by atoms with E-state index >= 15 is 0 Å². The molecule has 0 bridgehead atoms. The number of hydrogen-bond donors (Lipinski definition) is 1. The first-order valence-electron chi connectivity index (χ1n) is 9.05. The molecule has 0 heterocycles. The molecule has 0 amide bonds. The molecule has 1 unspecified atom stereocenters. The lowest BCUT2D eigenvalue weighted by Gasteiger charge is -2.17. The fourth-order valence-electron chi connectivity index (χ4n) is 2.89. The van der Waals surface area contributed by atoms with Crippen molar-refractivity contribution in [1.29, 1.82) is 0 Å². The number of rotatable bonds is 13. The van der Waals surface area contributed by atoms with Crippen molar-refractivity contribution < 1.29 is 13.2 Å². The smallest absolute Gasteiger partial charge is 0.181 e. The third-order valence-corrected chi connectivity index (χ3v) is 6.94. The number of methoxy groups -OCH3 is 1. The molecule has 0 saturated heterocycles. The monoisotopic (exact) mass is 372 g/mol. The highest BCUT2D eigenvalue weighted by Crippen LogP contribution is 2.25. The van der Waals surface area contributed by atoms with Crippen LogP contribution in [0.3, 0.4) is 0 Å². The van der Waals surface area contributed by atoms with Crippen molar-refractivity contribution in [2.75, 3.05) is 12.9 Å². The van der Waals surface area contributed by atoms with Crippen LogP contribution in [0.5, 0.6) is 5.75 Å². The van der Waals surface area contributed by atoms with Gasteiger partial charge in [0.05, 0.1) is 17.3 Å². The Hall–Kier alpha value is -0.680. The van der Waals surface area contributed by atoms with Crippen LogP contribution in [0.4, 0.5) is 0 Å². The van der Waals surface area contributed by atoms with Gasteiger partial charge in [0.15, 0.2) is 9.84 Å². The van der Waals surface area contributed by atoms with Crippen LogP contribution in [0.2, 0.25) is 0 Å². The molecule has 1 aromatic rings. The predicted octanol–water partition coefficient (Wildman–Crippen LogP) is 5.30. The molecule has 0 fully saturated rings. The zero-order valence-corrected chi connectivity index (χ0v) is 16.7. The van der Waals surface area contributed by atoms with Gasteiger partial charge in [-0.15, -0.1) is 0 Å². The topological polar surface area (TPSA) is 43.4 Å². The second-order valence-electron chi connectivity index (χ2n) is 6.26. The quantitative estimate of drug-likeness (QED) is 0.377. The lowest BCUT2D eigenvalue weighted by molar-refractivity contribution is 0.414. The number of hydrogen-bond acceptors (Lipinski definition) is 4. The van der Waals surface area contributed by atoms with Gasteiger partial charge in [-0.25, -0.2) is 8.42 Å². The fraction of sp³-hybridized carbons (Fsp3) is 0.684. The summed E-state index contributed by atoms with van der Waals surface area (Å²) < 4.78 is 30.8. The summed E-state index contributed by atoms with van der Waals surface area (Å²) in [4.78, 5) is 0.387. The van der Waals surface area contributed by atoms with Crippen molar-refractivity contribution in [2.45, 2.75) is 74.9 Å². The minimum Gasteiger partial charge on any atom is -0.497 e. The number of thiol groups is 1. The van der Waals surface area contributed by atoms with Gasteiger partial charge in [-0.05, 0) is 42.9 Å². The summed E-state index contributed by atoms with van der Waals surface area (Å²) in [5.74, 6) is 1.27. The van der Waals surface area contributed by atoms with Gasteiger partial charge in [0.1, 0.15) is 5.75 Å². The lowest BCUT2D eigenvalue weighted by Crippen LogP contribution is -2.22. The van der Waals surface area contributed by atoms with E-state index in [1.165, 1.54) is 32.1 Å². The third-order valence-electron chi connectivity index (χ3n) is 4.41. The fourth-order valence-corrected chi connectivity index (χ4v) is 5.18. The summed E-state index contributed by atoms with van der Waals surface area (Å²) >= 11 is 4.25. The van der Waals surface area contributed by atoms with Crippen molar-refractivity contribution in [2.24, 2.45) is 0 Å². The number of unbranched alkanes of at least 4 members (excludes halogenated alkanes) is 6. The van der Waals surface area contributed by atoms with E-state index in [0.717, 1.165) is 19.3 Å². The number of sulfone groups is 1. The Bertz CT molecular complexity index is 538. The van der Waals surface area contributed by atoms with E-state index < -0.39 is 9.84 Å². The van der Waals surface area contributed by atoms with Gasteiger partial charge in [-0.1, -0.05) is 51.9 Å². The Morgan fingerprint density at radius 1 is 0.958 bits per heavy atom. The van der Waals surface area contributed by atoms with Gasteiger partial charge in [-0.2, -0.15) is 12.6 Å². The average Bonchev–Trinajstić information content (AvgIpc) is 2.60. The van der Waals surface area contributed by atoms with Gasteiger partial charge in [0, 0.05) is 0 Å². The SMILES string of the molecule is CCCCCCCCCC(CCS)S(=O)(=O)c1ccc(OC)cc1. The Labute approximate surface area is 153 Å². The molecule has 0 aliphatic heterocycles. The number of ether oxygens (including phenoxy) is 1. The number of benzene rings is 1. The summed E-state index contributed by atoms with van der Waals surface area (Å²) in [6, 6.07) is 6.70. The molecule has 1 rings (SSSR count). The normalized spacial score (nSPS) is 13.0. The largest absolute Gasteiger partial charge is 0.497 e. The molecule has 0 aliphatic rings. The predicted molar refractivity (Wildman–Crippen MR) is 105 cm³/mol. The summed E-state index contributed by atoms with van der Waals surface area (Å²) in [7, 11) is -1.72. The first kappa shape index (κ1) is 21.4. The zero-order chi connectivity index (χ0) is 17.8. The molecule has 0 spiro atoms. The summed E-state index contributed by atoms with van der Waals surface area (Å²) in [5, 5.41) is -0.334. The van der Waals surface area contributed by atoms with Gasteiger partial charge in [0.2, 0.25) is 0 Å². The molecule has 24 heavy (non-hydrogen) atoms. The summed E-state index contributed by atoms with van der Waals surface area (Å²) in [5.41, 5.74) is 0. The van der Waals surface area contributed by atoms with Crippen LogP contribution in [-0.4, -0.2) is 26.5 Å². The molecular weight excluding hydrogens is 340 g/mol. The highest BCUT2D eigenvalue weighted by atomic mass is 32.2. The maximum Gasteiger partial charge on any atom is 0.181 e. The summed E-state index contributed by atoms with van der Waals surface area (Å²) in [6.07, 6.45) is 9.73. The molecule has 0 radical (unpaired) electrons. The highest BCUT2D eigenvalue weighted by molar-refractivity contribution is 7.92. The van der Waals surface area contributed by atoms with Crippen LogP contribution in [0.25, 0.3) is 0 Å². The molecule has 0 aromatic heterocycles. The van der Waals surface area contributed by atoms with Crippen LogP contribution in [-0.2, 0) is 9.84 Å². The lowest BCUT2D eigenvalue weighted by atomic mass is 10.1. The third kappa shape index (κ3) is 7.06. The van der Waals surface area contributed by atoms with Crippen LogP contribution in [0.15, 0.2) is 29.2 Å². The van der Waals surface area contributed by atoms with E-state index in [1.807, 2.05) is 0 Å². The van der Waals surface area contributed by atoms with Crippen LogP contribution in [0, 0.1) is 0 Å². The van der Waals surface area contributed by atoms with Gasteiger partial charge >= 0.3 is 0 Å². The van der Waals surface area contributed by atoms with E-state index in [2.05, 4.69) is 19.6 Å². The molecular formula is C19H32O3S2. The Balaban J connectivity index is 2.58. The van der Waals surface area contributed by atoms with Crippen molar-refractivity contribution in [3.8, 4) is 5.75 Å². The molecule has 1 aromatic carbocycles. The van der Waals surface area contributed by atoms with Crippen molar-refractivity contribution in [1.82, 2.24) is 0 Å². The first-order chi connectivity index (χ1) is 11.6. The van der Waals surface area contributed by atoms with Crippen LogP contribution < -0.4 is 4.74 Å². The Kier molecular flexibility index (Phi) is 10.5. The second-order valence-corrected chi connectivity index (χ2v) is 8.94. The minimum atomic E-state index is -3.29. The van der Waals surface area contributed by atoms with Crippen LogP contribution in [0.1, 0.15) is 64.7 Å². The van der Waals surface area contributed by atoms with Crippen molar-refractivity contribution >= 4 is 22.5 Å². The molecule has 0 N–H and O–H groups in total. The maximum atomic E-state index is 12.9. The minimum absolute atomic E-state index is 0.334. The Morgan fingerprint density at radius 3 is 2.08 bits per heavy atom. The van der Waals surface area contributed by atoms with E-state index in [4.69, 9.17) is 4.74 Å². The molecule has 0 aliphatic carbocycles. The summed E-state index contributed by atoms with van der Waals surface area (Å²) in [6.45, 7) is 2.21. The van der Waals surface area contributed by atoms with Crippen molar-refractivity contribution in [3.05, 3.63) is 24.3 Å². The van der Waals surface area contributed by atoms with Gasteiger partial charge in [0.25, 0.3) is 0 Å².